The van der Waals surface area contributed by atoms with Crippen molar-refractivity contribution in [1.29, 1.82) is 0 Å². The van der Waals surface area contributed by atoms with Crippen LogP contribution in [0.25, 0.3) is 5.69 Å². The van der Waals surface area contributed by atoms with Crippen LogP contribution in [0.2, 0.25) is 5.02 Å². The number of nitrogens with one attached hydrogen (secondary N) is 1. The third-order valence-corrected chi connectivity index (χ3v) is 5.30. The normalized spacial score (nSPS) is 19.3. The van der Waals surface area contributed by atoms with Crippen LogP contribution in [0, 0.1) is 0 Å². The van der Waals surface area contributed by atoms with Gasteiger partial charge in [0.15, 0.2) is 5.11 Å². The van der Waals surface area contributed by atoms with Crippen molar-refractivity contribution in [3.05, 3.63) is 83.4 Å². The van der Waals surface area contributed by atoms with Gasteiger partial charge >= 0.3 is 0 Å². The van der Waals surface area contributed by atoms with E-state index >= 15 is 0 Å². The van der Waals surface area contributed by atoms with Crippen molar-refractivity contribution in [3.8, 4) is 5.69 Å². The predicted octanol–water partition coefficient (Wildman–Crippen LogP) is 3.49. The number of pyridine rings is 1. The number of hydrogen-bond acceptors (Lipinski definition) is 3. The molecule has 2 N–H and O–H groups in total. The number of aromatic nitrogens is 2. The maximum absolute atomic E-state index is 9.57. The first kappa shape index (κ1) is 18.0. The number of rotatable bonds is 5. The van der Waals surface area contributed by atoms with Crippen LogP contribution in [0.3, 0.4) is 0 Å². The molecule has 0 saturated carbocycles. The van der Waals surface area contributed by atoms with Gasteiger partial charge in [0, 0.05) is 35.3 Å². The molecule has 1 aliphatic rings. The summed E-state index contributed by atoms with van der Waals surface area (Å²) in [5.74, 6) is 0. The van der Waals surface area contributed by atoms with Crippen LogP contribution < -0.4 is 5.32 Å². The summed E-state index contributed by atoms with van der Waals surface area (Å²) in [6.07, 6.45) is 3.79. The molecule has 1 saturated heterocycles. The molecule has 3 aromatic rings. The molecule has 2 atom stereocenters. The average molecular weight is 399 g/mol. The third-order valence-electron chi connectivity index (χ3n) is 4.71. The number of halogens is 1. The van der Waals surface area contributed by atoms with Crippen molar-refractivity contribution < 1.29 is 5.11 Å². The summed E-state index contributed by atoms with van der Waals surface area (Å²) in [4.78, 5) is 6.54. The minimum Gasteiger partial charge on any atom is -0.395 e. The maximum atomic E-state index is 9.57. The minimum atomic E-state index is -0.113. The van der Waals surface area contributed by atoms with Crippen molar-refractivity contribution >= 4 is 28.9 Å². The highest BCUT2D eigenvalue weighted by molar-refractivity contribution is 7.80. The summed E-state index contributed by atoms with van der Waals surface area (Å²) in [5.41, 5.74) is 2.93. The highest BCUT2D eigenvalue weighted by Gasteiger charge is 2.40. The molecule has 138 valence electrons. The van der Waals surface area contributed by atoms with E-state index in [4.69, 9.17) is 23.8 Å². The second-order valence-corrected chi connectivity index (χ2v) is 7.15. The Morgan fingerprint density at radius 1 is 1.15 bits per heavy atom. The zero-order valence-corrected chi connectivity index (χ0v) is 16.1. The smallest absolute Gasteiger partial charge is 0.170 e. The fraction of sp³-hybridized carbons (Fsp3) is 0.200. The molecule has 0 aliphatic carbocycles. The molecule has 4 rings (SSSR count). The highest BCUT2D eigenvalue weighted by atomic mass is 35.5. The van der Waals surface area contributed by atoms with Crippen LogP contribution >= 0.6 is 23.8 Å². The number of thiocarbonyl (C=S) groups is 1. The fourth-order valence-electron chi connectivity index (χ4n) is 3.57. The molecule has 1 fully saturated rings. The number of aliphatic hydroxyl groups excluding tert-OH is 1. The first-order valence-electron chi connectivity index (χ1n) is 8.71. The zero-order chi connectivity index (χ0) is 18.8. The Morgan fingerprint density at radius 2 is 2.04 bits per heavy atom. The van der Waals surface area contributed by atoms with Gasteiger partial charge in [-0.2, -0.15) is 0 Å². The Morgan fingerprint density at radius 3 is 2.78 bits per heavy atom. The first-order chi connectivity index (χ1) is 13.2. The summed E-state index contributed by atoms with van der Waals surface area (Å²) in [6.45, 7) is 0.464. The topological polar surface area (TPSA) is 53.3 Å². The van der Waals surface area contributed by atoms with Gasteiger partial charge in [-0.05, 0) is 54.7 Å². The van der Waals surface area contributed by atoms with Gasteiger partial charge in [-0.25, -0.2) is 0 Å². The number of aliphatic hydroxyl groups is 1. The van der Waals surface area contributed by atoms with Gasteiger partial charge in [-0.1, -0.05) is 23.7 Å². The molecule has 2 aromatic heterocycles. The minimum absolute atomic E-state index is 0.0190. The fourth-order valence-corrected chi connectivity index (χ4v) is 4.09. The van der Waals surface area contributed by atoms with Crippen molar-refractivity contribution in [2.45, 2.75) is 12.1 Å². The lowest BCUT2D eigenvalue weighted by atomic mass is 10.0. The van der Waals surface area contributed by atoms with Crippen LogP contribution in [-0.4, -0.2) is 37.8 Å². The zero-order valence-electron chi connectivity index (χ0n) is 14.5. The molecule has 0 radical (unpaired) electrons. The van der Waals surface area contributed by atoms with E-state index in [0.29, 0.717) is 16.7 Å². The lowest BCUT2D eigenvalue weighted by molar-refractivity contribution is 0.220. The van der Waals surface area contributed by atoms with Crippen LogP contribution in [0.15, 0.2) is 67.0 Å². The summed E-state index contributed by atoms with van der Waals surface area (Å²) in [7, 11) is 0. The largest absolute Gasteiger partial charge is 0.395 e. The summed E-state index contributed by atoms with van der Waals surface area (Å²) < 4.78 is 2.10. The Kier molecular flexibility index (Phi) is 5.11. The van der Waals surface area contributed by atoms with Gasteiger partial charge in [0.1, 0.15) is 0 Å². The summed E-state index contributed by atoms with van der Waals surface area (Å²) in [6, 6.07) is 17.4. The third kappa shape index (κ3) is 3.43. The molecule has 1 aliphatic heterocycles. The molecule has 5 nitrogen and oxygen atoms in total. The standard InChI is InChI=1S/C20H19ClN4OS/c21-14-5-3-6-15(13-14)24-10-4-8-17(24)19-18(16-7-1-2-9-22-16)23-20(27)25(19)11-12-26/h1-10,13,18-19,26H,11-12H2,(H,23,27). The van der Waals surface area contributed by atoms with Crippen molar-refractivity contribution in [1.82, 2.24) is 19.8 Å². The quantitative estimate of drug-likeness (QED) is 0.644. The van der Waals surface area contributed by atoms with E-state index < -0.39 is 0 Å². The van der Waals surface area contributed by atoms with Gasteiger partial charge in [0.05, 0.1) is 24.4 Å². The van der Waals surface area contributed by atoms with Gasteiger partial charge < -0.3 is 19.9 Å². The lowest BCUT2D eigenvalue weighted by Gasteiger charge is -2.28. The van der Waals surface area contributed by atoms with E-state index in [1.165, 1.54) is 0 Å². The molecule has 2 unspecified atom stereocenters. The first-order valence-corrected chi connectivity index (χ1v) is 9.50. The van der Waals surface area contributed by atoms with Crippen LogP contribution in [0.1, 0.15) is 23.5 Å². The number of β-amino-alcohol motifs (C(OH)–C–C–N with tert-alkyl or cyclic N) is 1. The average Bonchev–Trinajstić information content (AvgIpc) is 3.28. The van der Waals surface area contributed by atoms with E-state index in [-0.39, 0.29) is 18.7 Å². The Hall–Kier alpha value is -2.41. The lowest BCUT2D eigenvalue weighted by Crippen LogP contribution is -2.32. The summed E-state index contributed by atoms with van der Waals surface area (Å²) >= 11 is 11.8. The van der Waals surface area contributed by atoms with Crippen LogP contribution in [0.5, 0.6) is 0 Å². The molecular weight excluding hydrogens is 380 g/mol. The Bertz CT molecular complexity index is 946. The molecule has 7 heteroatoms. The van der Waals surface area contributed by atoms with E-state index in [2.05, 4.69) is 20.9 Å². The molecule has 0 amide bonds. The monoisotopic (exact) mass is 398 g/mol. The number of benzene rings is 1. The van der Waals surface area contributed by atoms with Gasteiger partial charge in [-0.15, -0.1) is 0 Å². The van der Waals surface area contributed by atoms with Crippen molar-refractivity contribution in [2.75, 3.05) is 13.2 Å². The van der Waals surface area contributed by atoms with Gasteiger partial charge in [0.25, 0.3) is 0 Å². The Balaban J connectivity index is 1.81. The van der Waals surface area contributed by atoms with E-state index in [1.807, 2.05) is 59.6 Å². The van der Waals surface area contributed by atoms with E-state index in [9.17, 15) is 5.11 Å². The molecule has 3 heterocycles. The SMILES string of the molecule is OCCN1C(=S)NC(c2ccccn2)C1c1cccn1-c1cccc(Cl)c1. The second kappa shape index (κ2) is 7.68. The summed E-state index contributed by atoms with van der Waals surface area (Å²) in [5, 5.41) is 14.2. The van der Waals surface area contributed by atoms with Gasteiger partial charge in [0.2, 0.25) is 0 Å². The Labute approximate surface area is 168 Å². The molecule has 0 bridgehead atoms. The molecular formula is C20H19ClN4OS. The maximum Gasteiger partial charge on any atom is 0.170 e. The van der Waals surface area contributed by atoms with Crippen LogP contribution in [-0.2, 0) is 0 Å². The van der Waals surface area contributed by atoms with Crippen molar-refractivity contribution in [2.24, 2.45) is 0 Å². The van der Waals surface area contributed by atoms with E-state index in [1.54, 1.807) is 6.20 Å². The van der Waals surface area contributed by atoms with E-state index in [0.717, 1.165) is 17.1 Å². The van der Waals surface area contributed by atoms with Crippen molar-refractivity contribution in [3.63, 3.8) is 0 Å². The number of hydrogen-bond donors (Lipinski definition) is 2. The van der Waals surface area contributed by atoms with Crippen LogP contribution in [0.4, 0.5) is 0 Å². The second-order valence-electron chi connectivity index (χ2n) is 6.33. The predicted molar refractivity (Wildman–Crippen MR) is 110 cm³/mol. The number of nitrogens with zero attached hydrogens (tertiary/aromatic N) is 3. The molecule has 1 aromatic carbocycles. The molecule has 27 heavy (non-hydrogen) atoms. The van der Waals surface area contributed by atoms with Gasteiger partial charge in [-0.3, -0.25) is 4.98 Å². The molecule has 0 spiro atoms. The highest BCUT2D eigenvalue weighted by Crippen LogP contribution is 2.39.